The third kappa shape index (κ3) is 2.52. The monoisotopic (exact) mass is 281 g/mol. The normalized spacial score (nSPS) is 15.3. The lowest BCUT2D eigenvalue weighted by Gasteiger charge is -2.05. The summed E-state index contributed by atoms with van der Waals surface area (Å²) < 4.78 is 36.3. The summed E-state index contributed by atoms with van der Waals surface area (Å²) in [5.74, 6) is 0.0728. The predicted octanol–water partition coefficient (Wildman–Crippen LogP) is 2.84. The molecular formula is C13H13F2N3O2. The van der Waals surface area contributed by atoms with E-state index in [2.05, 4.69) is 19.9 Å². The Labute approximate surface area is 114 Å². The minimum absolute atomic E-state index is 0.0317. The van der Waals surface area contributed by atoms with E-state index in [0.717, 1.165) is 12.1 Å². The zero-order valence-corrected chi connectivity index (χ0v) is 10.8. The molecule has 0 unspecified atom stereocenters. The lowest BCUT2D eigenvalue weighted by Crippen LogP contribution is -2.25. The van der Waals surface area contributed by atoms with Crippen LogP contribution in [0.25, 0.3) is 0 Å². The Morgan fingerprint density at radius 3 is 2.85 bits per heavy atom. The fourth-order valence-electron chi connectivity index (χ4n) is 1.93. The molecule has 2 heterocycles. The number of halogens is 2. The highest BCUT2D eigenvalue weighted by Gasteiger charge is 2.43. The standard InChI is InChI=1S/C13H13F2N3O2/c1-2-18-8-9(7-17-18)6-16-10-3-4-11-12(5-10)20-13(14,15)19-11/h3-5,7-8,16H,2,6H2,1H3. The molecule has 2 aromatic rings. The van der Waals surface area contributed by atoms with Gasteiger partial charge in [-0.05, 0) is 19.1 Å². The lowest BCUT2D eigenvalue weighted by molar-refractivity contribution is -0.286. The molecule has 5 nitrogen and oxygen atoms in total. The second-order valence-corrected chi connectivity index (χ2v) is 4.39. The van der Waals surface area contributed by atoms with Gasteiger partial charge in [0.15, 0.2) is 11.5 Å². The van der Waals surface area contributed by atoms with Gasteiger partial charge in [-0.25, -0.2) is 0 Å². The third-order valence-corrected chi connectivity index (χ3v) is 2.91. The molecule has 7 heteroatoms. The zero-order valence-electron chi connectivity index (χ0n) is 10.8. The number of ether oxygens (including phenoxy) is 2. The molecule has 0 saturated carbocycles. The second-order valence-electron chi connectivity index (χ2n) is 4.39. The summed E-state index contributed by atoms with van der Waals surface area (Å²) in [5.41, 5.74) is 1.68. The van der Waals surface area contributed by atoms with E-state index in [1.54, 1.807) is 12.3 Å². The van der Waals surface area contributed by atoms with Gasteiger partial charge in [0.2, 0.25) is 0 Å². The van der Waals surface area contributed by atoms with Gasteiger partial charge in [0, 0.05) is 36.6 Å². The number of rotatable bonds is 4. The molecule has 20 heavy (non-hydrogen) atoms. The van der Waals surface area contributed by atoms with Crippen LogP contribution >= 0.6 is 0 Å². The maximum Gasteiger partial charge on any atom is 0.586 e. The average Bonchev–Trinajstić information content (AvgIpc) is 2.97. The molecule has 0 aliphatic carbocycles. The van der Waals surface area contributed by atoms with E-state index in [1.165, 1.54) is 12.1 Å². The van der Waals surface area contributed by atoms with Gasteiger partial charge in [0.1, 0.15) is 0 Å². The molecule has 1 N–H and O–H groups in total. The maximum absolute atomic E-state index is 12.9. The van der Waals surface area contributed by atoms with Crippen molar-refractivity contribution in [1.82, 2.24) is 9.78 Å². The average molecular weight is 281 g/mol. The molecule has 1 aliphatic rings. The first-order chi connectivity index (χ1) is 9.55. The highest BCUT2D eigenvalue weighted by atomic mass is 19.3. The molecule has 3 rings (SSSR count). The van der Waals surface area contributed by atoms with E-state index in [9.17, 15) is 8.78 Å². The van der Waals surface area contributed by atoms with Gasteiger partial charge in [-0.1, -0.05) is 0 Å². The van der Waals surface area contributed by atoms with Crippen molar-refractivity contribution in [1.29, 1.82) is 0 Å². The van der Waals surface area contributed by atoms with Crippen molar-refractivity contribution in [3.05, 3.63) is 36.2 Å². The van der Waals surface area contributed by atoms with E-state index in [1.807, 2.05) is 17.8 Å². The Bertz CT molecular complexity index is 628. The quantitative estimate of drug-likeness (QED) is 0.936. The van der Waals surface area contributed by atoms with Gasteiger partial charge < -0.3 is 14.8 Å². The van der Waals surface area contributed by atoms with E-state index < -0.39 is 6.29 Å². The van der Waals surface area contributed by atoms with Crippen LogP contribution < -0.4 is 14.8 Å². The molecule has 0 saturated heterocycles. The molecule has 0 spiro atoms. The molecule has 0 bridgehead atoms. The predicted molar refractivity (Wildman–Crippen MR) is 67.9 cm³/mol. The van der Waals surface area contributed by atoms with E-state index >= 15 is 0 Å². The minimum Gasteiger partial charge on any atom is -0.395 e. The smallest absolute Gasteiger partial charge is 0.395 e. The molecule has 0 amide bonds. The number of aryl methyl sites for hydroxylation is 1. The number of anilines is 1. The van der Waals surface area contributed by atoms with Gasteiger partial charge in [0.25, 0.3) is 0 Å². The maximum atomic E-state index is 12.9. The van der Waals surface area contributed by atoms with Crippen molar-refractivity contribution < 1.29 is 18.3 Å². The topological polar surface area (TPSA) is 48.3 Å². The van der Waals surface area contributed by atoms with Gasteiger partial charge >= 0.3 is 6.29 Å². The summed E-state index contributed by atoms with van der Waals surface area (Å²) in [5, 5.41) is 7.28. The van der Waals surface area contributed by atoms with Crippen LogP contribution in [-0.4, -0.2) is 16.1 Å². The molecule has 0 atom stereocenters. The molecule has 0 radical (unpaired) electrons. The van der Waals surface area contributed by atoms with E-state index in [-0.39, 0.29) is 11.5 Å². The van der Waals surface area contributed by atoms with Crippen molar-refractivity contribution in [2.75, 3.05) is 5.32 Å². The Morgan fingerprint density at radius 2 is 2.10 bits per heavy atom. The number of nitrogens with one attached hydrogen (secondary N) is 1. The number of alkyl halides is 2. The SMILES string of the molecule is CCn1cc(CNc2ccc3c(c2)OC(F)(F)O3)cn1. The largest absolute Gasteiger partial charge is 0.586 e. The highest BCUT2D eigenvalue weighted by Crippen LogP contribution is 2.42. The van der Waals surface area contributed by atoms with Crippen LogP contribution in [0.15, 0.2) is 30.6 Å². The van der Waals surface area contributed by atoms with E-state index in [0.29, 0.717) is 12.2 Å². The van der Waals surface area contributed by atoms with Crippen molar-refractivity contribution in [2.45, 2.75) is 26.3 Å². The van der Waals surface area contributed by atoms with Crippen LogP contribution in [-0.2, 0) is 13.1 Å². The van der Waals surface area contributed by atoms with Crippen molar-refractivity contribution in [2.24, 2.45) is 0 Å². The van der Waals surface area contributed by atoms with Crippen molar-refractivity contribution in [3.63, 3.8) is 0 Å². The van der Waals surface area contributed by atoms with Crippen molar-refractivity contribution >= 4 is 5.69 Å². The summed E-state index contributed by atoms with van der Waals surface area (Å²) in [7, 11) is 0. The molecular weight excluding hydrogens is 268 g/mol. The molecule has 1 aromatic heterocycles. The molecule has 0 fully saturated rings. The van der Waals surface area contributed by atoms with Gasteiger partial charge in [-0.15, -0.1) is 8.78 Å². The zero-order chi connectivity index (χ0) is 14.2. The summed E-state index contributed by atoms with van der Waals surface area (Å²) in [6.45, 7) is 3.36. The number of hydrogen-bond donors (Lipinski definition) is 1. The minimum atomic E-state index is -3.58. The van der Waals surface area contributed by atoms with Crippen LogP contribution in [0.2, 0.25) is 0 Å². The van der Waals surface area contributed by atoms with Crippen LogP contribution in [0.4, 0.5) is 14.5 Å². The van der Waals surface area contributed by atoms with Gasteiger partial charge in [-0.3, -0.25) is 4.68 Å². The van der Waals surface area contributed by atoms with Gasteiger partial charge in [-0.2, -0.15) is 5.10 Å². The van der Waals surface area contributed by atoms with Crippen molar-refractivity contribution in [3.8, 4) is 11.5 Å². The highest BCUT2D eigenvalue weighted by molar-refractivity contribution is 5.56. The Kier molecular flexibility index (Phi) is 2.96. The summed E-state index contributed by atoms with van der Waals surface area (Å²) in [6, 6.07) is 4.60. The van der Waals surface area contributed by atoms with Crippen LogP contribution in [0, 0.1) is 0 Å². The first-order valence-electron chi connectivity index (χ1n) is 6.21. The van der Waals surface area contributed by atoms with Crippen LogP contribution in [0.5, 0.6) is 11.5 Å². The summed E-state index contributed by atoms with van der Waals surface area (Å²) >= 11 is 0. The third-order valence-electron chi connectivity index (χ3n) is 2.91. The second kappa shape index (κ2) is 4.66. The number of hydrogen-bond acceptors (Lipinski definition) is 4. The number of benzene rings is 1. The fourth-order valence-corrected chi connectivity index (χ4v) is 1.93. The number of fused-ring (bicyclic) bond motifs is 1. The summed E-state index contributed by atoms with van der Waals surface area (Å²) in [4.78, 5) is 0. The van der Waals surface area contributed by atoms with Crippen LogP contribution in [0.3, 0.4) is 0 Å². The Hall–Kier alpha value is -2.31. The van der Waals surface area contributed by atoms with Crippen LogP contribution in [0.1, 0.15) is 12.5 Å². The van der Waals surface area contributed by atoms with E-state index in [4.69, 9.17) is 0 Å². The fraction of sp³-hybridized carbons (Fsp3) is 0.308. The lowest BCUT2D eigenvalue weighted by atomic mass is 10.2. The number of nitrogens with zero attached hydrogens (tertiary/aromatic N) is 2. The molecule has 106 valence electrons. The molecule has 1 aromatic carbocycles. The van der Waals surface area contributed by atoms with Gasteiger partial charge in [0.05, 0.1) is 6.20 Å². The molecule has 1 aliphatic heterocycles. The Morgan fingerprint density at radius 1 is 1.30 bits per heavy atom. The first kappa shape index (κ1) is 12.7. The first-order valence-corrected chi connectivity index (χ1v) is 6.21. The Balaban J connectivity index is 1.67. The number of aromatic nitrogens is 2. The summed E-state index contributed by atoms with van der Waals surface area (Å²) in [6.07, 6.45) is 0.106.